The molecule has 4 nitrogen and oxygen atoms in total. The minimum absolute atomic E-state index is 0.158. The number of rotatable bonds is 2. The smallest absolute Gasteiger partial charge is 0.149 e. The molecule has 6 heteroatoms. The number of benzene rings is 1. The molecular formula is C11H10ClFN4. The van der Waals surface area contributed by atoms with Crippen LogP contribution in [-0.4, -0.2) is 4.98 Å². The Balaban J connectivity index is 2.35. The van der Waals surface area contributed by atoms with Gasteiger partial charge in [0.15, 0.2) is 0 Å². The Bertz CT molecular complexity index is 539. The molecule has 1 aromatic carbocycles. The Morgan fingerprint density at radius 1 is 1.18 bits per heavy atom. The van der Waals surface area contributed by atoms with Crippen molar-refractivity contribution in [1.29, 1.82) is 0 Å². The number of pyridine rings is 1. The van der Waals surface area contributed by atoms with Gasteiger partial charge in [-0.15, -0.1) is 0 Å². The average molecular weight is 253 g/mol. The quantitative estimate of drug-likeness (QED) is 0.768. The summed E-state index contributed by atoms with van der Waals surface area (Å²) in [6, 6.07) is 7.57. The van der Waals surface area contributed by atoms with Crippen molar-refractivity contribution < 1.29 is 4.39 Å². The molecule has 0 aliphatic heterocycles. The monoisotopic (exact) mass is 252 g/mol. The number of halogens is 2. The molecule has 0 atom stereocenters. The molecule has 0 fully saturated rings. The van der Waals surface area contributed by atoms with Crippen LogP contribution in [0.1, 0.15) is 0 Å². The second-order valence-corrected chi connectivity index (χ2v) is 3.80. The number of nitrogens with two attached hydrogens (primary N) is 2. The Kier molecular flexibility index (Phi) is 3.01. The zero-order valence-corrected chi connectivity index (χ0v) is 9.50. The van der Waals surface area contributed by atoms with Crippen molar-refractivity contribution in [3.63, 3.8) is 0 Å². The first-order valence-electron chi connectivity index (χ1n) is 4.81. The molecule has 88 valence electrons. The zero-order chi connectivity index (χ0) is 12.4. The van der Waals surface area contributed by atoms with E-state index in [4.69, 9.17) is 23.1 Å². The molecule has 1 heterocycles. The summed E-state index contributed by atoms with van der Waals surface area (Å²) in [5, 5.41) is 3.02. The predicted octanol–water partition coefficient (Wildman–Crippen LogP) is 2.78. The maximum Gasteiger partial charge on any atom is 0.149 e. The Morgan fingerprint density at radius 2 is 1.94 bits per heavy atom. The molecule has 0 saturated heterocycles. The van der Waals surface area contributed by atoms with Gasteiger partial charge in [-0.05, 0) is 24.3 Å². The summed E-state index contributed by atoms with van der Waals surface area (Å²) in [6.45, 7) is 0. The van der Waals surface area contributed by atoms with Crippen molar-refractivity contribution in [3.8, 4) is 0 Å². The van der Waals surface area contributed by atoms with Crippen LogP contribution >= 0.6 is 11.6 Å². The third kappa shape index (κ3) is 2.39. The van der Waals surface area contributed by atoms with Gasteiger partial charge in [0, 0.05) is 0 Å². The minimum atomic E-state index is -0.463. The van der Waals surface area contributed by atoms with Crippen LogP contribution in [0.15, 0.2) is 30.3 Å². The maximum absolute atomic E-state index is 13.5. The highest BCUT2D eigenvalue weighted by atomic mass is 35.5. The van der Waals surface area contributed by atoms with Gasteiger partial charge < -0.3 is 16.8 Å². The SMILES string of the molecule is Nc1ccc(Nc2c(F)cccc2Cl)nc1N. The first kappa shape index (κ1) is 11.5. The molecule has 0 amide bonds. The lowest BCUT2D eigenvalue weighted by atomic mass is 10.3. The molecule has 2 rings (SSSR count). The predicted molar refractivity (Wildman–Crippen MR) is 67.8 cm³/mol. The largest absolute Gasteiger partial charge is 0.396 e. The van der Waals surface area contributed by atoms with Crippen LogP contribution in [0.25, 0.3) is 0 Å². The molecule has 0 radical (unpaired) electrons. The summed E-state index contributed by atoms with van der Waals surface area (Å²) < 4.78 is 13.5. The van der Waals surface area contributed by atoms with Gasteiger partial charge in [0.25, 0.3) is 0 Å². The normalized spacial score (nSPS) is 10.2. The maximum atomic E-state index is 13.5. The van der Waals surface area contributed by atoms with E-state index < -0.39 is 5.82 Å². The standard InChI is InChI=1S/C11H10ClFN4/c12-6-2-1-3-7(13)10(6)16-9-5-4-8(14)11(15)17-9/h1-5H,14H2,(H3,15,16,17). The van der Waals surface area contributed by atoms with Crippen LogP contribution in [0, 0.1) is 5.82 Å². The lowest BCUT2D eigenvalue weighted by Crippen LogP contribution is -2.02. The molecule has 0 saturated carbocycles. The fraction of sp³-hybridized carbons (Fsp3) is 0. The van der Waals surface area contributed by atoms with Gasteiger partial charge in [-0.1, -0.05) is 17.7 Å². The number of para-hydroxylation sites is 1. The van der Waals surface area contributed by atoms with Gasteiger partial charge >= 0.3 is 0 Å². The van der Waals surface area contributed by atoms with E-state index >= 15 is 0 Å². The Hall–Kier alpha value is -2.01. The molecule has 2 aromatic rings. The Morgan fingerprint density at radius 3 is 2.59 bits per heavy atom. The van der Waals surface area contributed by atoms with Gasteiger partial charge in [0.05, 0.1) is 16.4 Å². The van der Waals surface area contributed by atoms with E-state index in [1.165, 1.54) is 12.1 Å². The first-order valence-corrected chi connectivity index (χ1v) is 5.19. The second kappa shape index (κ2) is 4.47. The molecule has 1 aromatic heterocycles. The van der Waals surface area contributed by atoms with E-state index in [0.29, 0.717) is 11.5 Å². The first-order chi connectivity index (χ1) is 8.08. The topological polar surface area (TPSA) is 77.0 Å². The average Bonchev–Trinajstić information content (AvgIpc) is 2.28. The lowest BCUT2D eigenvalue weighted by molar-refractivity contribution is 0.632. The molecule has 0 bridgehead atoms. The highest BCUT2D eigenvalue weighted by molar-refractivity contribution is 6.33. The highest BCUT2D eigenvalue weighted by Gasteiger charge is 2.08. The number of anilines is 4. The van der Waals surface area contributed by atoms with Crippen molar-refractivity contribution in [2.75, 3.05) is 16.8 Å². The highest BCUT2D eigenvalue weighted by Crippen LogP contribution is 2.28. The van der Waals surface area contributed by atoms with Crippen LogP contribution in [0.2, 0.25) is 5.02 Å². The summed E-state index contributed by atoms with van der Waals surface area (Å²) >= 11 is 5.86. The summed E-state index contributed by atoms with van der Waals surface area (Å²) in [5.41, 5.74) is 11.6. The van der Waals surface area contributed by atoms with Gasteiger partial charge in [-0.25, -0.2) is 9.37 Å². The Labute approximate surface area is 102 Å². The zero-order valence-electron chi connectivity index (χ0n) is 8.74. The van der Waals surface area contributed by atoms with E-state index in [2.05, 4.69) is 10.3 Å². The molecule has 0 aliphatic rings. The minimum Gasteiger partial charge on any atom is -0.396 e. The van der Waals surface area contributed by atoms with Crippen LogP contribution in [0.4, 0.5) is 27.4 Å². The van der Waals surface area contributed by atoms with E-state index in [1.54, 1.807) is 18.2 Å². The number of aromatic nitrogens is 1. The molecular weight excluding hydrogens is 243 g/mol. The van der Waals surface area contributed by atoms with Gasteiger partial charge in [0.2, 0.25) is 0 Å². The van der Waals surface area contributed by atoms with Gasteiger partial charge in [0.1, 0.15) is 17.5 Å². The number of nitrogen functional groups attached to an aromatic ring is 2. The molecule has 17 heavy (non-hydrogen) atoms. The van der Waals surface area contributed by atoms with Crippen molar-refractivity contribution in [2.45, 2.75) is 0 Å². The fourth-order valence-corrected chi connectivity index (χ4v) is 1.51. The van der Waals surface area contributed by atoms with Gasteiger partial charge in [-0.2, -0.15) is 0 Å². The van der Waals surface area contributed by atoms with E-state index in [0.717, 1.165) is 0 Å². The van der Waals surface area contributed by atoms with Crippen molar-refractivity contribution in [3.05, 3.63) is 41.2 Å². The van der Waals surface area contributed by atoms with E-state index in [9.17, 15) is 4.39 Å². The molecule has 0 unspecified atom stereocenters. The molecule has 0 spiro atoms. The van der Waals surface area contributed by atoms with E-state index in [-0.39, 0.29) is 16.5 Å². The van der Waals surface area contributed by atoms with Crippen LogP contribution < -0.4 is 16.8 Å². The summed E-state index contributed by atoms with van der Waals surface area (Å²) in [6.07, 6.45) is 0. The molecule has 5 N–H and O–H groups in total. The number of hydrogen-bond acceptors (Lipinski definition) is 4. The van der Waals surface area contributed by atoms with Crippen molar-refractivity contribution in [2.24, 2.45) is 0 Å². The lowest BCUT2D eigenvalue weighted by Gasteiger charge is -2.09. The second-order valence-electron chi connectivity index (χ2n) is 3.39. The van der Waals surface area contributed by atoms with Crippen LogP contribution in [-0.2, 0) is 0 Å². The summed E-state index contributed by atoms with van der Waals surface area (Å²) in [5.74, 6) is 0.0980. The number of nitrogens with zero attached hydrogens (tertiary/aromatic N) is 1. The van der Waals surface area contributed by atoms with Crippen LogP contribution in [0.5, 0.6) is 0 Å². The van der Waals surface area contributed by atoms with E-state index in [1.807, 2.05) is 0 Å². The number of hydrogen-bond donors (Lipinski definition) is 3. The third-order valence-electron chi connectivity index (χ3n) is 2.17. The summed E-state index contributed by atoms with van der Waals surface area (Å²) in [4.78, 5) is 3.97. The van der Waals surface area contributed by atoms with Crippen molar-refractivity contribution >= 4 is 34.6 Å². The summed E-state index contributed by atoms with van der Waals surface area (Å²) in [7, 11) is 0. The van der Waals surface area contributed by atoms with Crippen molar-refractivity contribution in [1.82, 2.24) is 4.98 Å². The van der Waals surface area contributed by atoms with Gasteiger partial charge in [-0.3, -0.25) is 0 Å². The fourth-order valence-electron chi connectivity index (χ4n) is 1.30. The van der Waals surface area contributed by atoms with Crippen LogP contribution in [0.3, 0.4) is 0 Å². The number of nitrogens with one attached hydrogen (secondary N) is 1. The molecule has 0 aliphatic carbocycles. The third-order valence-corrected chi connectivity index (χ3v) is 2.49.